The van der Waals surface area contributed by atoms with E-state index in [4.69, 9.17) is 42.7 Å². The second-order valence-corrected chi connectivity index (χ2v) is 23.1. The van der Waals surface area contributed by atoms with Crippen LogP contribution in [-0.2, 0) is 70.8 Å². The van der Waals surface area contributed by atoms with Crippen LogP contribution < -0.4 is 0 Å². The number of carbonyl (C=O) groups excluding carboxylic acids is 6. The van der Waals surface area contributed by atoms with Crippen LogP contribution in [0.1, 0.15) is 81.9 Å². The molecule has 0 aliphatic carbocycles. The standard InChI is InChI=1S/C26H37O8PS.C23H31O9PS/c1-7-33-35(6,30)14-11-15-36-23(21-12-9-8-10-13-21)16-24(27)34-22(17-31-25(28)19(2)3)18-32-26(29)20(4)5;1-16(2)22(25)30-14-19(15-31-23(26)17(3)4)32-21(24)13-20(18-9-6-5-7-10-18)34-12-8-11-33(27,28)29/h8-10,12-13,22-23H,2,4,7,11,14-18H2,1,3,5-6H3;5-7,9-10,19-20H,1,3,8,11-15H2,2,4H3,(H2,27,28,29). The van der Waals surface area contributed by atoms with Gasteiger partial charge in [-0.1, -0.05) is 87.0 Å². The average Bonchev–Trinajstić information content (AvgIpc) is 3.29. The zero-order chi connectivity index (χ0) is 52.9. The molecule has 2 aromatic carbocycles. The third-order valence-corrected chi connectivity index (χ3v) is 14.5. The number of rotatable bonds is 32. The van der Waals surface area contributed by atoms with Crippen molar-refractivity contribution in [3.05, 3.63) is 120 Å². The van der Waals surface area contributed by atoms with Crippen LogP contribution in [0, 0.1) is 0 Å². The normalized spacial score (nSPS) is 12.7. The highest BCUT2D eigenvalue weighted by atomic mass is 32.2. The zero-order valence-electron chi connectivity index (χ0n) is 40.8. The molecular formula is C49H68O17P2S2. The van der Waals surface area contributed by atoms with E-state index in [0.717, 1.165) is 11.1 Å². The molecule has 3 unspecified atom stereocenters. The van der Waals surface area contributed by atoms with Gasteiger partial charge in [-0.3, -0.25) is 18.7 Å². The van der Waals surface area contributed by atoms with Crippen molar-refractivity contribution in [2.45, 2.75) is 83.0 Å². The Balaban J connectivity index is 0.000000701. The number of hydrogen-bond acceptors (Lipinski definition) is 17. The summed E-state index contributed by atoms with van der Waals surface area (Å²) in [5, 5.41) is -0.541. The Bertz CT molecular complexity index is 2100. The highest BCUT2D eigenvalue weighted by Gasteiger charge is 2.26. The molecule has 0 heterocycles. The number of ether oxygens (including phenoxy) is 6. The fourth-order valence-corrected chi connectivity index (χ4v) is 10.3. The first kappa shape index (κ1) is 63.3. The molecule has 0 radical (unpaired) electrons. The average molecular weight is 1060 g/mol. The van der Waals surface area contributed by atoms with Crippen LogP contribution in [0.3, 0.4) is 0 Å². The first-order valence-electron chi connectivity index (χ1n) is 22.1. The SMILES string of the molecule is C=C(C)C(=O)OCC(COC(=O)C(=C)C)OC(=O)CC(SCCCP(=O)(O)O)c1ccccc1.C=C(C)C(=O)OCC(COC(=O)C(=C)C)OC(=O)CC(SCCCP(C)(=O)OCC)c1ccccc1. The van der Waals surface area contributed by atoms with Gasteiger partial charge in [0.25, 0.3) is 0 Å². The van der Waals surface area contributed by atoms with Gasteiger partial charge in [-0.2, -0.15) is 23.5 Å². The fraction of sp³-hybridized carbons (Fsp3) is 0.469. The van der Waals surface area contributed by atoms with Crippen molar-refractivity contribution < 1.29 is 80.6 Å². The molecule has 0 saturated carbocycles. The van der Waals surface area contributed by atoms with Gasteiger partial charge in [0.15, 0.2) is 19.6 Å². The third kappa shape index (κ3) is 29.4. The van der Waals surface area contributed by atoms with E-state index >= 15 is 0 Å². The lowest BCUT2D eigenvalue weighted by Gasteiger charge is -2.21. The Morgan fingerprint density at radius 2 is 0.871 bits per heavy atom. The first-order valence-corrected chi connectivity index (χ1v) is 28.3. The van der Waals surface area contributed by atoms with Gasteiger partial charge >= 0.3 is 43.4 Å². The van der Waals surface area contributed by atoms with Gasteiger partial charge in [0, 0.05) is 45.6 Å². The van der Waals surface area contributed by atoms with E-state index in [1.165, 1.54) is 39.5 Å². The van der Waals surface area contributed by atoms with Crippen molar-refractivity contribution in [1.82, 2.24) is 0 Å². The van der Waals surface area contributed by atoms with Gasteiger partial charge in [0.2, 0.25) is 0 Å². The number of benzene rings is 2. The largest absolute Gasteiger partial charge is 0.458 e. The molecule has 0 spiro atoms. The maximum absolute atomic E-state index is 12.9. The molecule has 0 fully saturated rings. The van der Waals surface area contributed by atoms with Crippen LogP contribution in [0.15, 0.2) is 109 Å². The molecule has 388 valence electrons. The molecule has 0 aliphatic rings. The van der Waals surface area contributed by atoms with Crippen LogP contribution in [0.5, 0.6) is 0 Å². The van der Waals surface area contributed by atoms with Crippen LogP contribution in [0.25, 0.3) is 0 Å². The molecule has 2 aromatic rings. The van der Waals surface area contributed by atoms with E-state index in [1.54, 1.807) is 18.4 Å². The molecule has 0 aromatic heterocycles. The quantitative estimate of drug-likeness (QED) is 0.0228. The molecular weight excluding hydrogens is 987 g/mol. The minimum Gasteiger partial charge on any atom is -0.458 e. The summed E-state index contributed by atoms with van der Waals surface area (Å²) in [7, 11) is -6.71. The van der Waals surface area contributed by atoms with E-state index < -0.39 is 63.0 Å². The van der Waals surface area contributed by atoms with Crippen LogP contribution in [-0.4, -0.2) is 121 Å². The van der Waals surface area contributed by atoms with Crippen LogP contribution >= 0.6 is 38.5 Å². The van der Waals surface area contributed by atoms with Crippen molar-refractivity contribution in [1.29, 1.82) is 0 Å². The Kier molecular flexibility index (Phi) is 30.5. The minimum atomic E-state index is -4.09. The number of carbonyl (C=O) groups is 6. The van der Waals surface area contributed by atoms with Crippen molar-refractivity contribution in [3.63, 3.8) is 0 Å². The Morgan fingerprint density at radius 1 is 0.557 bits per heavy atom. The molecule has 0 bridgehead atoms. The summed E-state index contributed by atoms with van der Waals surface area (Å²) in [6, 6.07) is 18.7. The summed E-state index contributed by atoms with van der Waals surface area (Å²) < 4.78 is 60.0. The van der Waals surface area contributed by atoms with Crippen LogP contribution in [0.2, 0.25) is 0 Å². The molecule has 0 amide bonds. The summed E-state index contributed by atoms with van der Waals surface area (Å²) in [6.45, 7) is 22.6. The molecule has 70 heavy (non-hydrogen) atoms. The van der Waals surface area contributed by atoms with Crippen molar-refractivity contribution in [3.8, 4) is 0 Å². The van der Waals surface area contributed by atoms with Gasteiger partial charge in [-0.05, 0) is 70.1 Å². The molecule has 0 saturated heterocycles. The van der Waals surface area contributed by atoms with E-state index in [1.807, 2.05) is 67.6 Å². The van der Waals surface area contributed by atoms with Gasteiger partial charge < -0.3 is 42.7 Å². The molecule has 17 nitrogen and oxygen atoms in total. The van der Waals surface area contributed by atoms with E-state index in [0.29, 0.717) is 30.7 Å². The third-order valence-electron chi connectivity index (χ3n) is 8.98. The molecule has 3 atom stereocenters. The van der Waals surface area contributed by atoms with E-state index in [-0.39, 0.29) is 84.6 Å². The molecule has 21 heteroatoms. The summed E-state index contributed by atoms with van der Waals surface area (Å²) in [6.07, 6.45) is -0.845. The Hall–Kier alpha value is -4.74. The monoisotopic (exact) mass is 1050 g/mol. The summed E-state index contributed by atoms with van der Waals surface area (Å²) in [5.41, 5.74) is 2.52. The molecule has 0 aliphatic heterocycles. The number of hydrogen-bond donors (Lipinski definition) is 2. The second-order valence-electron chi connectivity index (χ2n) is 15.9. The molecule has 2 N–H and O–H groups in total. The van der Waals surface area contributed by atoms with Crippen molar-refractivity contribution in [2.75, 3.05) is 63.5 Å². The highest BCUT2D eigenvalue weighted by Crippen LogP contribution is 2.44. The second kappa shape index (κ2) is 33.8. The summed E-state index contributed by atoms with van der Waals surface area (Å²) in [4.78, 5) is 90.6. The van der Waals surface area contributed by atoms with Gasteiger partial charge in [-0.25, -0.2) is 19.2 Å². The van der Waals surface area contributed by atoms with E-state index in [9.17, 15) is 37.9 Å². The van der Waals surface area contributed by atoms with E-state index in [2.05, 4.69) is 26.3 Å². The fourth-order valence-electron chi connectivity index (χ4n) is 5.46. The highest BCUT2D eigenvalue weighted by molar-refractivity contribution is 7.99. The van der Waals surface area contributed by atoms with Gasteiger partial charge in [0.05, 0.1) is 25.6 Å². The predicted molar refractivity (Wildman–Crippen MR) is 272 cm³/mol. The zero-order valence-corrected chi connectivity index (χ0v) is 44.3. The minimum absolute atomic E-state index is 0.0449. The van der Waals surface area contributed by atoms with Gasteiger partial charge in [-0.15, -0.1) is 0 Å². The lowest BCUT2D eigenvalue weighted by Crippen LogP contribution is -2.31. The van der Waals surface area contributed by atoms with Gasteiger partial charge in [0.1, 0.15) is 26.4 Å². The number of thioether (sulfide) groups is 2. The maximum atomic E-state index is 12.9. The maximum Gasteiger partial charge on any atom is 0.333 e. The van der Waals surface area contributed by atoms with Crippen molar-refractivity contribution in [2.24, 2.45) is 0 Å². The predicted octanol–water partition coefficient (Wildman–Crippen LogP) is 8.91. The lowest BCUT2D eigenvalue weighted by molar-refractivity contribution is -0.164. The smallest absolute Gasteiger partial charge is 0.333 e. The summed E-state index contributed by atoms with van der Waals surface area (Å²) >= 11 is 2.94. The lowest BCUT2D eigenvalue weighted by atomic mass is 10.1. The number of esters is 6. The van der Waals surface area contributed by atoms with Crippen LogP contribution in [0.4, 0.5) is 0 Å². The summed E-state index contributed by atoms with van der Waals surface area (Å²) in [5.74, 6) is -2.67. The Labute approximate surface area is 420 Å². The first-order chi connectivity index (χ1) is 32.8. The Morgan fingerprint density at radius 3 is 1.16 bits per heavy atom. The van der Waals surface area contributed by atoms with Crippen molar-refractivity contribution >= 4 is 74.3 Å². The topological polar surface area (TPSA) is 242 Å². The molecule has 2 rings (SSSR count).